The van der Waals surface area contributed by atoms with Crippen molar-refractivity contribution < 1.29 is 14.3 Å². The van der Waals surface area contributed by atoms with Crippen LogP contribution in [-0.4, -0.2) is 35.5 Å². The van der Waals surface area contributed by atoms with Crippen molar-refractivity contribution >= 4 is 39.4 Å². The summed E-state index contributed by atoms with van der Waals surface area (Å²) in [7, 11) is 0. The lowest BCUT2D eigenvalue weighted by Crippen LogP contribution is -2.30. The van der Waals surface area contributed by atoms with Gasteiger partial charge in [0.1, 0.15) is 12.4 Å². The lowest BCUT2D eigenvalue weighted by atomic mass is 9.91. The number of thioether (sulfide) groups is 1. The zero-order chi connectivity index (χ0) is 17.0. The summed E-state index contributed by atoms with van der Waals surface area (Å²) in [4.78, 5) is 25.8. The van der Waals surface area contributed by atoms with Gasteiger partial charge >= 0.3 is 0 Å². The summed E-state index contributed by atoms with van der Waals surface area (Å²) in [5.74, 6) is 1.16. The number of rotatable bonds is 5. The summed E-state index contributed by atoms with van der Waals surface area (Å²) in [5.41, 5.74) is -0.447. The minimum Gasteiger partial charge on any atom is -0.492 e. The number of amides is 1. The van der Waals surface area contributed by atoms with E-state index in [1.807, 2.05) is 45.0 Å². The average molecular weight is 398 g/mol. The van der Waals surface area contributed by atoms with E-state index in [4.69, 9.17) is 4.74 Å². The second kappa shape index (κ2) is 7.53. The average Bonchev–Trinajstić information content (AvgIpc) is 2.79. The molecule has 0 N–H and O–H groups in total. The molecule has 0 bridgehead atoms. The standard InChI is InChI=1S/C17H20BrNO3S/c1-17(2,3)14(20)10-16-19(15(21)11-23-16)7-8-22-13-6-4-5-12(18)9-13/h4-6,9-10H,7-8,11H2,1-3H3/b16-10-. The number of hydrogen-bond acceptors (Lipinski definition) is 4. The third kappa shape index (κ3) is 5.11. The molecule has 124 valence electrons. The Labute approximate surface area is 149 Å². The number of nitrogens with zero attached hydrogens (tertiary/aromatic N) is 1. The van der Waals surface area contributed by atoms with Gasteiger partial charge in [-0.1, -0.05) is 54.5 Å². The van der Waals surface area contributed by atoms with Gasteiger partial charge in [-0.2, -0.15) is 0 Å². The molecule has 1 fully saturated rings. The maximum atomic E-state index is 12.1. The molecule has 1 aromatic rings. The number of hydrogen-bond donors (Lipinski definition) is 0. The van der Waals surface area contributed by atoms with Gasteiger partial charge in [0.15, 0.2) is 5.78 Å². The molecule has 0 aromatic heterocycles. The lowest BCUT2D eigenvalue weighted by molar-refractivity contribution is -0.125. The van der Waals surface area contributed by atoms with Gasteiger partial charge in [-0.15, -0.1) is 0 Å². The molecule has 1 aliphatic heterocycles. The van der Waals surface area contributed by atoms with Crippen LogP contribution in [0.2, 0.25) is 0 Å². The van der Waals surface area contributed by atoms with E-state index >= 15 is 0 Å². The predicted molar refractivity (Wildman–Crippen MR) is 96.4 cm³/mol. The van der Waals surface area contributed by atoms with Crippen LogP contribution < -0.4 is 4.74 Å². The van der Waals surface area contributed by atoms with Gasteiger partial charge in [-0.05, 0) is 18.2 Å². The monoisotopic (exact) mass is 397 g/mol. The number of halogens is 1. The summed E-state index contributed by atoms with van der Waals surface area (Å²) in [6.07, 6.45) is 1.58. The molecule has 0 aliphatic carbocycles. The van der Waals surface area contributed by atoms with Crippen LogP contribution in [0.4, 0.5) is 0 Å². The molecule has 0 saturated carbocycles. The molecule has 1 heterocycles. The predicted octanol–water partition coefficient (Wildman–Crippen LogP) is 3.86. The molecule has 1 aromatic carbocycles. The molecule has 1 aliphatic rings. The van der Waals surface area contributed by atoms with Crippen molar-refractivity contribution in [1.82, 2.24) is 4.90 Å². The maximum absolute atomic E-state index is 12.1. The van der Waals surface area contributed by atoms with Crippen LogP contribution in [-0.2, 0) is 9.59 Å². The highest BCUT2D eigenvalue weighted by atomic mass is 79.9. The first-order chi connectivity index (χ1) is 10.8. The number of ketones is 1. The van der Waals surface area contributed by atoms with Crippen LogP contribution in [0.15, 0.2) is 39.8 Å². The summed E-state index contributed by atoms with van der Waals surface area (Å²) in [5, 5.41) is 0.716. The number of carbonyl (C=O) groups is 2. The van der Waals surface area contributed by atoms with Crippen molar-refractivity contribution in [3.05, 3.63) is 39.8 Å². The highest BCUT2D eigenvalue weighted by Gasteiger charge is 2.29. The van der Waals surface area contributed by atoms with Crippen LogP contribution in [0, 0.1) is 5.41 Å². The number of allylic oxidation sites excluding steroid dienone is 1. The molecule has 6 heteroatoms. The van der Waals surface area contributed by atoms with E-state index in [9.17, 15) is 9.59 Å². The molecule has 2 rings (SSSR count). The fourth-order valence-electron chi connectivity index (χ4n) is 1.91. The van der Waals surface area contributed by atoms with Crippen molar-refractivity contribution in [1.29, 1.82) is 0 Å². The highest BCUT2D eigenvalue weighted by molar-refractivity contribution is 9.10. The molecular weight excluding hydrogens is 378 g/mol. The van der Waals surface area contributed by atoms with Gasteiger partial charge in [0.05, 0.1) is 17.3 Å². The fourth-order valence-corrected chi connectivity index (χ4v) is 3.25. The highest BCUT2D eigenvalue weighted by Crippen LogP contribution is 2.30. The van der Waals surface area contributed by atoms with Gasteiger partial charge in [0, 0.05) is 16.0 Å². The Morgan fingerprint density at radius 3 is 2.83 bits per heavy atom. The summed E-state index contributed by atoms with van der Waals surface area (Å²) in [6.45, 7) is 6.42. The summed E-state index contributed by atoms with van der Waals surface area (Å²) in [6, 6.07) is 7.56. The molecule has 1 saturated heterocycles. The molecular formula is C17H20BrNO3S. The zero-order valence-electron chi connectivity index (χ0n) is 13.5. The van der Waals surface area contributed by atoms with Crippen molar-refractivity contribution in [3.8, 4) is 5.75 Å². The number of carbonyl (C=O) groups excluding carboxylic acids is 2. The minimum absolute atomic E-state index is 0.0146. The lowest BCUT2D eigenvalue weighted by Gasteiger charge is -2.19. The first-order valence-corrected chi connectivity index (χ1v) is 9.13. The molecule has 4 nitrogen and oxygen atoms in total. The zero-order valence-corrected chi connectivity index (χ0v) is 15.9. The first-order valence-electron chi connectivity index (χ1n) is 7.35. The van der Waals surface area contributed by atoms with Crippen LogP contribution in [0.3, 0.4) is 0 Å². The van der Waals surface area contributed by atoms with Crippen LogP contribution in [0.1, 0.15) is 20.8 Å². The number of ether oxygens (including phenoxy) is 1. The van der Waals surface area contributed by atoms with E-state index in [0.29, 0.717) is 23.9 Å². The Morgan fingerprint density at radius 2 is 2.17 bits per heavy atom. The van der Waals surface area contributed by atoms with E-state index < -0.39 is 5.41 Å². The van der Waals surface area contributed by atoms with Gasteiger partial charge in [0.2, 0.25) is 5.91 Å². The van der Waals surface area contributed by atoms with Gasteiger partial charge in [0.25, 0.3) is 0 Å². The van der Waals surface area contributed by atoms with Crippen molar-refractivity contribution in [2.75, 3.05) is 18.9 Å². The molecule has 1 amide bonds. The van der Waals surface area contributed by atoms with E-state index in [0.717, 1.165) is 10.2 Å². The third-order valence-electron chi connectivity index (χ3n) is 3.28. The minimum atomic E-state index is -0.447. The fraction of sp³-hybridized carbons (Fsp3) is 0.412. The van der Waals surface area contributed by atoms with E-state index in [-0.39, 0.29) is 11.7 Å². The number of benzene rings is 1. The first kappa shape index (κ1) is 18.1. The largest absolute Gasteiger partial charge is 0.492 e. The summed E-state index contributed by atoms with van der Waals surface area (Å²) >= 11 is 4.80. The van der Waals surface area contributed by atoms with Gasteiger partial charge < -0.3 is 9.64 Å². The second-order valence-electron chi connectivity index (χ2n) is 6.24. The Bertz CT molecular complexity index is 637. The SMILES string of the molecule is CC(C)(C)C(=O)/C=C1\SCC(=O)N1CCOc1cccc(Br)c1. The summed E-state index contributed by atoms with van der Waals surface area (Å²) < 4.78 is 6.62. The Balaban J connectivity index is 1.98. The Morgan fingerprint density at radius 1 is 1.43 bits per heavy atom. The quantitative estimate of drug-likeness (QED) is 0.707. The van der Waals surface area contributed by atoms with Crippen LogP contribution in [0.5, 0.6) is 5.75 Å². The van der Waals surface area contributed by atoms with Crippen LogP contribution >= 0.6 is 27.7 Å². The van der Waals surface area contributed by atoms with Crippen molar-refractivity contribution in [2.45, 2.75) is 20.8 Å². The van der Waals surface area contributed by atoms with E-state index in [1.54, 1.807) is 11.0 Å². The molecule has 0 radical (unpaired) electrons. The third-order valence-corrected chi connectivity index (χ3v) is 4.80. The van der Waals surface area contributed by atoms with E-state index in [2.05, 4.69) is 15.9 Å². The second-order valence-corrected chi connectivity index (χ2v) is 8.15. The van der Waals surface area contributed by atoms with Gasteiger partial charge in [-0.25, -0.2) is 0 Å². The smallest absolute Gasteiger partial charge is 0.237 e. The van der Waals surface area contributed by atoms with E-state index in [1.165, 1.54) is 11.8 Å². The molecule has 0 unspecified atom stereocenters. The molecule has 0 atom stereocenters. The van der Waals surface area contributed by atoms with Crippen molar-refractivity contribution in [3.63, 3.8) is 0 Å². The normalized spacial score (nSPS) is 17.0. The maximum Gasteiger partial charge on any atom is 0.237 e. The van der Waals surface area contributed by atoms with Crippen molar-refractivity contribution in [2.24, 2.45) is 5.41 Å². The van der Waals surface area contributed by atoms with Crippen LogP contribution in [0.25, 0.3) is 0 Å². The molecule has 0 spiro atoms. The molecule has 23 heavy (non-hydrogen) atoms. The Kier molecular flexibility index (Phi) is 5.92. The Hall–Kier alpha value is -1.27. The topological polar surface area (TPSA) is 46.6 Å². The van der Waals surface area contributed by atoms with Gasteiger partial charge in [-0.3, -0.25) is 9.59 Å².